The van der Waals surface area contributed by atoms with E-state index in [9.17, 15) is 4.79 Å². The van der Waals surface area contributed by atoms with Crippen LogP contribution in [0.3, 0.4) is 0 Å². The summed E-state index contributed by atoms with van der Waals surface area (Å²) in [6.07, 6.45) is 11.0. The second-order valence-electron chi connectivity index (χ2n) is 6.12. The van der Waals surface area contributed by atoms with Crippen molar-refractivity contribution < 1.29 is 4.79 Å². The summed E-state index contributed by atoms with van der Waals surface area (Å²) in [6.45, 7) is 1.64. The molecule has 0 aliphatic heterocycles. The van der Waals surface area contributed by atoms with E-state index < -0.39 is 0 Å². The molecule has 2 saturated carbocycles. The summed E-state index contributed by atoms with van der Waals surface area (Å²) in [6, 6.07) is 0. The maximum atomic E-state index is 12.2. The summed E-state index contributed by atoms with van der Waals surface area (Å²) in [5.41, 5.74) is 5.78. The molecular weight excluding hydrogens is 224 g/mol. The maximum Gasteiger partial charge on any atom is 0.223 e. The first kappa shape index (κ1) is 13.9. The third kappa shape index (κ3) is 3.71. The Bertz CT molecular complexity index is 259. The minimum Gasteiger partial charge on any atom is -0.356 e. The maximum absolute atomic E-state index is 12.2. The Labute approximate surface area is 111 Å². The number of amides is 1. The van der Waals surface area contributed by atoms with Crippen LogP contribution in [0.5, 0.6) is 0 Å². The number of nitrogens with one attached hydrogen (secondary N) is 1. The second kappa shape index (κ2) is 7.13. The molecule has 2 aliphatic rings. The van der Waals surface area contributed by atoms with Gasteiger partial charge >= 0.3 is 0 Å². The fraction of sp³-hybridized carbons (Fsp3) is 0.933. The molecule has 0 bridgehead atoms. The first-order valence-electron chi connectivity index (χ1n) is 7.79. The summed E-state index contributed by atoms with van der Waals surface area (Å²) in [4.78, 5) is 12.2. The number of carbonyl (C=O) groups excluding carboxylic acids is 1. The lowest BCUT2D eigenvalue weighted by atomic mass is 9.95. The van der Waals surface area contributed by atoms with Crippen LogP contribution in [0.15, 0.2) is 0 Å². The molecule has 104 valence electrons. The number of nitrogens with two attached hydrogens (primary N) is 1. The van der Waals surface area contributed by atoms with Gasteiger partial charge in [-0.1, -0.05) is 32.1 Å². The highest BCUT2D eigenvalue weighted by atomic mass is 16.1. The Morgan fingerprint density at radius 1 is 0.944 bits per heavy atom. The van der Waals surface area contributed by atoms with Crippen LogP contribution in [-0.2, 0) is 4.79 Å². The molecule has 0 aromatic heterocycles. The van der Waals surface area contributed by atoms with Crippen LogP contribution in [-0.4, -0.2) is 19.0 Å². The van der Waals surface area contributed by atoms with Crippen molar-refractivity contribution in [3.8, 4) is 0 Å². The van der Waals surface area contributed by atoms with E-state index in [1.54, 1.807) is 0 Å². The van der Waals surface area contributed by atoms with Gasteiger partial charge < -0.3 is 11.1 Å². The Hall–Kier alpha value is -0.570. The Kier molecular flexibility index (Phi) is 5.48. The molecule has 2 aliphatic carbocycles. The highest BCUT2D eigenvalue weighted by Crippen LogP contribution is 2.30. The lowest BCUT2D eigenvalue weighted by molar-refractivity contribution is -0.125. The van der Waals surface area contributed by atoms with Crippen molar-refractivity contribution in [2.75, 3.05) is 13.1 Å². The average Bonchev–Trinajstić information content (AvgIpc) is 2.67. The van der Waals surface area contributed by atoms with Crippen molar-refractivity contribution in [2.24, 2.45) is 23.5 Å². The molecule has 2 rings (SSSR count). The summed E-state index contributed by atoms with van der Waals surface area (Å²) in [5, 5.41) is 3.19. The average molecular weight is 252 g/mol. The Morgan fingerprint density at radius 2 is 1.61 bits per heavy atom. The molecule has 0 saturated heterocycles. The molecule has 2 unspecified atom stereocenters. The zero-order chi connectivity index (χ0) is 12.8. The van der Waals surface area contributed by atoms with Gasteiger partial charge in [-0.25, -0.2) is 0 Å². The van der Waals surface area contributed by atoms with E-state index in [4.69, 9.17) is 5.73 Å². The standard InChI is InChI=1S/C15H28N2O/c16-10-13-8-5-9-14(13)11-17-15(18)12-6-3-1-2-4-7-12/h12-14H,1-11,16H2,(H,17,18). The van der Waals surface area contributed by atoms with E-state index in [2.05, 4.69) is 5.32 Å². The van der Waals surface area contributed by atoms with Crippen LogP contribution in [0.4, 0.5) is 0 Å². The van der Waals surface area contributed by atoms with Gasteiger partial charge in [-0.2, -0.15) is 0 Å². The molecule has 3 heteroatoms. The van der Waals surface area contributed by atoms with E-state index in [0.29, 0.717) is 17.7 Å². The first-order chi connectivity index (χ1) is 8.81. The van der Waals surface area contributed by atoms with Gasteiger partial charge in [0.25, 0.3) is 0 Å². The summed E-state index contributed by atoms with van der Waals surface area (Å²) < 4.78 is 0. The summed E-state index contributed by atoms with van der Waals surface area (Å²) in [7, 11) is 0. The smallest absolute Gasteiger partial charge is 0.223 e. The van der Waals surface area contributed by atoms with Crippen molar-refractivity contribution >= 4 is 5.91 Å². The normalized spacial score (nSPS) is 30.1. The molecule has 0 radical (unpaired) electrons. The third-order valence-electron chi connectivity index (χ3n) is 4.88. The number of rotatable bonds is 4. The van der Waals surface area contributed by atoms with E-state index >= 15 is 0 Å². The van der Waals surface area contributed by atoms with Crippen LogP contribution in [0, 0.1) is 17.8 Å². The zero-order valence-electron chi connectivity index (χ0n) is 11.5. The summed E-state index contributed by atoms with van der Waals surface area (Å²) in [5.74, 6) is 1.86. The summed E-state index contributed by atoms with van der Waals surface area (Å²) >= 11 is 0. The van der Waals surface area contributed by atoms with E-state index in [0.717, 1.165) is 25.9 Å². The van der Waals surface area contributed by atoms with Crippen molar-refractivity contribution in [2.45, 2.75) is 57.8 Å². The van der Waals surface area contributed by atoms with Gasteiger partial charge in [-0.3, -0.25) is 4.79 Å². The fourth-order valence-electron chi connectivity index (χ4n) is 3.61. The van der Waals surface area contributed by atoms with Crippen molar-refractivity contribution in [1.29, 1.82) is 0 Å². The lowest BCUT2D eigenvalue weighted by Gasteiger charge is -2.20. The molecule has 3 N–H and O–H groups in total. The van der Waals surface area contributed by atoms with Gasteiger partial charge in [-0.15, -0.1) is 0 Å². The molecule has 3 nitrogen and oxygen atoms in total. The second-order valence-corrected chi connectivity index (χ2v) is 6.12. The van der Waals surface area contributed by atoms with Crippen LogP contribution >= 0.6 is 0 Å². The molecule has 0 heterocycles. The quantitative estimate of drug-likeness (QED) is 0.755. The van der Waals surface area contributed by atoms with E-state index in [1.165, 1.54) is 44.9 Å². The molecule has 0 aromatic rings. The molecule has 18 heavy (non-hydrogen) atoms. The monoisotopic (exact) mass is 252 g/mol. The van der Waals surface area contributed by atoms with Gasteiger partial charge in [-0.05, 0) is 44.1 Å². The lowest BCUT2D eigenvalue weighted by Crippen LogP contribution is -2.36. The van der Waals surface area contributed by atoms with Gasteiger partial charge in [0.2, 0.25) is 5.91 Å². The minimum atomic E-state index is 0.283. The van der Waals surface area contributed by atoms with Gasteiger partial charge in [0.05, 0.1) is 0 Å². The zero-order valence-corrected chi connectivity index (χ0v) is 11.5. The molecular formula is C15H28N2O. The molecule has 1 amide bonds. The molecule has 2 atom stereocenters. The first-order valence-corrected chi connectivity index (χ1v) is 7.79. The SMILES string of the molecule is NCC1CCCC1CNC(=O)C1CCCCCC1. The minimum absolute atomic E-state index is 0.283. The van der Waals surface area contributed by atoms with Crippen LogP contribution < -0.4 is 11.1 Å². The number of carbonyl (C=O) groups is 1. The van der Waals surface area contributed by atoms with Crippen molar-refractivity contribution in [3.63, 3.8) is 0 Å². The van der Waals surface area contributed by atoms with Crippen LogP contribution in [0.1, 0.15) is 57.8 Å². The Balaban J connectivity index is 1.73. The highest BCUT2D eigenvalue weighted by Gasteiger charge is 2.27. The number of hydrogen-bond donors (Lipinski definition) is 2. The topological polar surface area (TPSA) is 55.1 Å². The molecule has 2 fully saturated rings. The predicted octanol–water partition coefficient (Wildman–Crippen LogP) is 2.45. The fourth-order valence-corrected chi connectivity index (χ4v) is 3.61. The van der Waals surface area contributed by atoms with Crippen LogP contribution in [0.25, 0.3) is 0 Å². The van der Waals surface area contributed by atoms with Crippen molar-refractivity contribution in [3.05, 3.63) is 0 Å². The van der Waals surface area contributed by atoms with Gasteiger partial charge in [0.1, 0.15) is 0 Å². The van der Waals surface area contributed by atoms with Gasteiger partial charge in [0.15, 0.2) is 0 Å². The Morgan fingerprint density at radius 3 is 2.28 bits per heavy atom. The largest absolute Gasteiger partial charge is 0.356 e. The van der Waals surface area contributed by atoms with E-state index in [-0.39, 0.29) is 5.92 Å². The highest BCUT2D eigenvalue weighted by molar-refractivity contribution is 5.78. The number of hydrogen-bond acceptors (Lipinski definition) is 2. The predicted molar refractivity (Wildman–Crippen MR) is 74.1 cm³/mol. The van der Waals surface area contributed by atoms with E-state index in [1.807, 2.05) is 0 Å². The third-order valence-corrected chi connectivity index (χ3v) is 4.88. The van der Waals surface area contributed by atoms with Crippen LogP contribution in [0.2, 0.25) is 0 Å². The molecule has 0 spiro atoms. The van der Waals surface area contributed by atoms with Gasteiger partial charge in [0, 0.05) is 12.5 Å². The van der Waals surface area contributed by atoms with Crippen molar-refractivity contribution in [1.82, 2.24) is 5.32 Å². The molecule has 0 aromatic carbocycles.